The Morgan fingerprint density at radius 1 is 0.545 bits per heavy atom. The quantitative estimate of drug-likeness (QED) is 0.547. The van der Waals surface area contributed by atoms with Crippen LogP contribution in [0.4, 0.5) is 0 Å². The summed E-state index contributed by atoms with van der Waals surface area (Å²) in [6, 6.07) is 0. The van der Waals surface area contributed by atoms with Crippen LogP contribution in [0.3, 0.4) is 0 Å². The maximum absolute atomic E-state index is 12.3. The SMILES string of the molecule is CC(C)(C)C(=O)SP(SC(=O)C(C)(C)C)SC(=O)C(C)(C)C. The molecule has 0 aliphatic carbocycles. The molecule has 0 rings (SSSR count). The molecule has 0 spiro atoms. The third-order valence-corrected chi connectivity index (χ3v) is 12.0. The monoisotopic (exact) mass is 382 g/mol. The first-order valence-electron chi connectivity index (χ1n) is 7.02. The van der Waals surface area contributed by atoms with Crippen LogP contribution in [0.2, 0.25) is 0 Å². The van der Waals surface area contributed by atoms with Gasteiger partial charge in [0.2, 0.25) is 0 Å². The molecular weight excluding hydrogens is 355 g/mol. The summed E-state index contributed by atoms with van der Waals surface area (Å²) in [7, 11) is 0. The molecule has 0 unspecified atom stereocenters. The lowest BCUT2D eigenvalue weighted by atomic mass is 10.00. The molecule has 0 aromatic heterocycles. The predicted molar refractivity (Wildman–Crippen MR) is 103 cm³/mol. The van der Waals surface area contributed by atoms with Gasteiger partial charge in [0.25, 0.3) is 0 Å². The second kappa shape index (κ2) is 8.04. The van der Waals surface area contributed by atoms with Crippen LogP contribution in [-0.2, 0) is 14.4 Å². The van der Waals surface area contributed by atoms with E-state index in [1.54, 1.807) is 0 Å². The third-order valence-electron chi connectivity index (χ3n) is 2.31. The molecule has 0 radical (unpaired) electrons. The molecule has 0 saturated carbocycles. The maximum Gasteiger partial charge on any atom is 0.200 e. The van der Waals surface area contributed by atoms with Crippen LogP contribution in [0.1, 0.15) is 62.3 Å². The van der Waals surface area contributed by atoms with Crippen molar-refractivity contribution >= 4 is 55.0 Å². The van der Waals surface area contributed by atoms with Crippen LogP contribution in [-0.4, -0.2) is 15.3 Å². The maximum atomic E-state index is 12.3. The fraction of sp³-hybridized carbons (Fsp3) is 0.800. The molecule has 0 bridgehead atoms. The molecule has 0 aliphatic heterocycles. The van der Waals surface area contributed by atoms with E-state index in [-0.39, 0.29) is 15.3 Å². The second-order valence-corrected chi connectivity index (χ2v) is 17.2. The highest BCUT2D eigenvalue weighted by atomic mass is 33.4. The zero-order chi connectivity index (χ0) is 17.9. The van der Waals surface area contributed by atoms with E-state index in [1.165, 1.54) is 0 Å². The zero-order valence-electron chi connectivity index (χ0n) is 14.9. The standard InChI is InChI=1S/C15H27O3PS3/c1-13(2,3)10(16)20-19(21-11(17)14(4,5)6)22-12(18)15(7,8)9/h1-9H3. The summed E-state index contributed by atoms with van der Waals surface area (Å²) < 4.78 is 0. The number of carbonyl (C=O) groups is 3. The molecule has 22 heavy (non-hydrogen) atoms. The number of hydrogen-bond acceptors (Lipinski definition) is 6. The topological polar surface area (TPSA) is 51.2 Å². The molecule has 0 amide bonds. The fourth-order valence-corrected chi connectivity index (χ4v) is 10.7. The summed E-state index contributed by atoms with van der Waals surface area (Å²) >= 11 is 3.45. The van der Waals surface area contributed by atoms with Gasteiger partial charge in [-0.15, -0.1) is 0 Å². The summed E-state index contributed by atoms with van der Waals surface area (Å²) in [6.45, 7) is 16.6. The largest absolute Gasteiger partial charge is 0.286 e. The minimum Gasteiger partial charge on any atom is -0.286 e. The van der Waals surface area contributed by atoms with Gasteiger partial charge in [-0.05, 0) is 34.1 Å². The lowest BCUT2D eigenvalue weighted by molar-refractivity contribution is -0.117. The fourth-order valence-electron chi connectivity index (χ4n) is 0.670. The molecule has 0 aromatic carbocycles. The van der Waals surface area contributed by atoms with Crippen LogP contribution in [0.15, 0.2) is 0 Å². The zero-order valence-corrected chi connectivity index (χ0v) is 18.2. The molecule has 0 fully saturated rings. The minimum atomic E-state index is -1.17. The van der Waals surface area contributed by atoms with E-state index in [2.05, 4.69) is 0 Å². The first-order chi connectivity index (χ1) is 9.55. The van der Waals surface area contributed by atoms with E-state index in [1.807, 2.05) is 62.3 Å². The molecule has 0 atom stereocenters. The summed E-state index contributed by atoms with van der Waals surface area (Å²) in [5.74, 6) is 0. The van der Waals surface area contributed by atoms with Crippen molar-refractivity contribution in [3.05, 3.63) is 0 Å². The van der Waals surface area contributed by atoms with E-state index in [0.29, 0.717) is 0 Å². The molecule has 0 saturated heterocycles. The highest BCUT2D eigenvalue weighted by Gasteiger charge is 2.34. The summed E-state index contributed by atoms with van der Waals surface area (Å²) in [4.78, 5) is 36.8. The van der Waals surface area contributed by atoms with Gasteiger partial charge in [-0.2, -0.15) is 0 Å². The van der Waals surface area contributed by atoms with Crippen LogP contribution in [0, 0.1) is 16.2 Å². The van der Waals surface area contributed by atoms with E-state index in [4.69, 9.17) is 0 Å². The van der Waals surface area contributed by atoms with Gasteiger partial charge in [-0.1, -0.05) is 62.3 Å². The van der Waals surface area contributed by atoms with Crippen molar-refractivity contribution in [1.29, 1.82) is 0 Å². The van der Waals surface area contributed by atoms with Crippen molar-refractivity contribution in [3.8, 4) is 0 Å². The molecule has 7 heteroatoms. The average molecular weight is 383 g/mol. The number of hydrogen-bond donors (Lipinski definition) is 0. The lowest BCUT2D eigenvalue weighted by Crippen LogP contribution is -2.18. The Labute approximate surface area is 147 Å². The summed E-state index contributed by atoms with van der Waals surface area (Å²) in [5.41, 5.74) is -2.62. The number of carbonyl (C=O) groups excluding carboxylic acids is 3. The van der Waals surface area contributed by atoms with Gasteiger partial charge >= 0.3 is 0 Å². The molecule has 0 N–H and O–H groups in total. The minimum absolute atomic E-state index is 0.0158. The summed E-state index contributed by atoms with van der Waals surface area (Å²) in [5, 5.41) is 0.0473. The Morgan fingerprint density at radius 2 is 0.727 bits per heavy atom. The highest BCUT2D eigenvalue weighted by molar-refractivity contribution is 9.18. The van der Waals surface area contributed by atoms with Gasteiger partial charge in [0.05, 0.1) is 5.53 Å². The van der Waals surface area contributed by atoms with Crippen LogP contribution < -0.4 is 0 Å². The normalized spacial score (nSPS) is 13.4. The Kier molecular flexibility index (Phi) is 8.22. The van der Waals surface area contributed by atoms with Gasteiger partial charge in [-0.25, -0.2) is 0 Å². The summed E-state index contributed by atoms with van der Waals surface area (Å²) in [6.07, 6.45) is 0. The Balaban J connectivity index is 5.12. The predicted octanol–water partition coefficient (Wildman–Crippen LogP) is 6.13. The van der Waals surface area contributed by atoms with Crippen molar-refractivity contribution < 1.29 is 14.4 Å². The van der Waals surface area contributed by atoms with Crippen molar-refractivity contribution in [1.82, 2.24) is 0 Å². The van der Waals surface area contributed by atoms with E-state index >= 15 is 0 Å². The Hall–Kier alpha value is 0.490. The number of rotatable bonds is 3. The molecule has 0 aliphatic rings. The second-order valence-electron chi connectivity index (χ2n) is 8.11. The Bertz CT molecular complexity index is 376. The average Bonchev–Trinajstić information content (AvgIpc) is 2.24. The van der Waals surface area contributed by atoms with E-state index in [0.717, 1.165) is 34.1 Å². The van der Waals surface area contributed by atoms with Gasteiger partial charge < -0.3 is 0 Å². The first-order valence-corrected chi connectivity index (χ1v) is 12.6. The highest BCUT2D eigenvalue weighted by Crippen LogP contribution is 2.73. The van der Waals surface area contributed by atoms with E-state index in [9.17, 15) is 14.4 Å². The van der Waals surface area contributed by atoms with Crippen molar-refractivity contribution in [2.75, 3.05) is 0 Å². The first kappa shape index (κ1) is 22.5. The third kappa shape index (κ3) is 8.37. The van der Waals surface area contributed by atoms with Crippen molar-refractivity contribution in [2.24, 2.45) is 16.2 Å². The van der Waals surface area contributed by atoms with Crippen molar-refractivity contribution in [2.45, 2.75) is 62.3 Å². The van der Waals surface area contributed by atoms with Crippen LogP contribution >= 0.6 is 39.7 Å². The lowest BCUT2D eigenvalue weighted by Gasteiger charge is -2.24. The van der Waals surface area contributed by atoms with Crippen LogP contribution in [0.25, 0.3) is 0 Å². The molecule has 0 aromatic rings. The Morgan fingerprint density at radius 3 is 0.864 bits per heavy atom. The van der Waals surface area contributed by atoms with Crippen LogP contribution in [0.5, 0.6) is 0 Å². The van der Waals surface area contributed by atoms with E-state index < -0.39 is 21.8 Å². The van der Waals surface area contributed by atoms with Gasteiger partial charge in [0, 0.05) is 16.2 Å². The smallest absolute Gasteiger partial charge is 0.200 e. The van der Waals surface area contributed by atoms with Crippen molar-refractivity contribution in [3.63, 3.8) is 0 Å². The molecule has 128 valence electrons. The van der Waals surface area contributed by atoms with Gasteiger partial charge in [0.15, 0.2) is 15.3 Å². The van der Waals surface area contributed by atoms with Gasteiger partial charge in [-0.3, -0.25) is 14.4 Å². The van der Waals surface area contributed by atoms with Gasteiger partial charge in [0.1, 0.15) is 0 Å². The molecule has 0 heterocycles. The molecular formula is C15H27O3PS3. The molecule has 3 nitrogen and oxygen atoms in total.